The zero-order chi connectivity index (χ0) is 33.3. The molecular weight excluding hydrogens is 606 g/mol. The Morgan fingerprint density at radius 1 is 1.06 bits per heavy atom. The number of aryl methyl sites for hydroxylation is 2. The Labute approximate surface area is 270 Å². The van der Waals surface area contributed by atoms with Gasteiger partial charge in [0.25, 0.3) is 5.91 Å². The SMILES string of the molecule is CCc1cc(Nc2nccn3c(-c4ccc(-c5cn[nH]c5C)c(F)c4F)cnc23)ccc1C(=O)NCC1CC[N+](C)(CC(=O)[O-])CC1. The number of carbonyl (C=O) groups is 2. The van der Waals surface area contributed by atoms with Crippen LogP contribution in [-0.4, -0.2) is 74.2 Å². The van der Waals surface area contributed by atoms with Gasteiger partial charge in [0.1, 0.15) is 6.54 Å². The number of amides is 1. The number of quaternary nitrogens is 1. The van der Waals surface area contributed by atoms with Gasteiger partial charge < -0.3 is 25.0 Å². The predicted octanol–water partition coefficient (Wildman–Crippen LogP) is 4.02. The predicted molar refractivity (Wildman–Crippen MR) is 171 cm³/mol. The summed E-state index contributed by atoms with van der Waals surface area (Å²) in [6, 6.07) is 8.50. The molecule has 47 heavy (non-hydrogen) atoms. The third-order valence-electron chi connectivity index (χ3n) is 9.12. The number of fused-ring (bicyclic) bond motifs is 1. The van der Waals surface area contributed by atoms with E-state index in [4.69, 9.17) is 0 Å². The van der Waals surface area contributed by atoms with Crippen molar-refractivity contribution >= 4 is 29.0 Å². The van der Waals surface area contributed by atoms with E-state index >= 15 is 8.78 Å². The number of hydrogen-bond acceptors (Lipinski definition) is 7. The lowest BCUT2D eigenvalue weighted by Crippen LogP contribution is -2.55. The van der Waals surface area contributed by atoms with Gasteiger partial charge >= 0.3 is 0 Å². The molecule has 4 heterocycles. The highest BCUT2D eigenvalue weighted by Gasteiger charge is 2.30. The van der Waals surface area contributed by atoms with Crippen LogP contribution in [0, 0.1) is 24.5 Å². The van der Waals surface area contributed by atoms with Gasteiger partial charge in [-0.2, -0.15) is 5.10 Å². The molecule has 3 aromatic heterocycles. The smallest absolute Gasteiger partial charge is 0.251 e. The van der Waals surface area contributed by atoms with Crippen molar-refractivity contribution in [2.45, 2.75) is 33.1 Å². The number of imidazole rings is 1. The largest absolute Gasteiger partial charge is 0.544 e. The molecule has 1 aliphatic rings. The van der Waals surface area contributed by atoms with E-state index in [1.165, 1.54) is 24.5 Å². The number of benzene rings is 2. The van der Waals surface area contributed by atoms with E-state index in [0.717, 1.165) is 31.5 Å². The number of likely N-dealkylation sites (N-methyl/N-ethyl adjacent to an activating group) is 1. The summed E-state index contributed by atoms with van der Waals surface area (Å²) in [5.74, 6) is -2.47. The van der Waals surface area contributed by atoms with Crippen molar-refractivity contribution in [3.05, 3.63) is 83.6 Å². The van der Waals surface area contributed by atoms with Gasteiger partial charge in [0.15, 0.2) is 23.1 Å². The lowest BCUT2D eigenvalue weighted by Gasteiger charge is -2.40. The molecule has 0 saturated carbocycles. The standard InChI is InChI=1S/C34H36F2N8O3/c1-4-22-15-23(5-6-24(22)34(47)39-16-21-9-13-44(3,14-10-21)19-29(45)46)41-32-33-38-18-28(43(33)12-11-37-32)26-8-7-25(30(35)31(26)36)27-17-40-42-20(27)2/h5-8,11-12,15,17-18,21H,4,9-10,13-14,16,19H2,1-3H3,(H3-,37,39,40,41,42,45,46,47). The van der Waals surface area contributed by atoms with Gasteiger partial charge in [-0.1, -0.05) is 13.0 Å². The summed E-state index contributed by atoms with van der Waals surface area (Å²) in [5.41, 5.74) is 4.18. The molecule has 244 valence electrons. The molecule has 13 heteroatoms. The summed E-state index contributed by atoms with van der Waals surface area (Å²) < 4.78 is 32.7. The summed E-state index contributed by atoms with van der Waals surface area (Å²) in [6.45, 7) is 5.71. The molecule has 0 aliphatic carbocycles. The molecule has 0 radical (unpaired) electrons. The minimum absolute atomic E-state index is 0.00450. The average Bonchev–Trinajstić information content (AvgIpc) is 3.68. The van der Waals surface area contributed by atoms with Crippen molar-refractivity contribution in [1.29, 1.82) is 0 Å². The Balaban J connectivity index is 1.17. The normalized spacial score (nSPS) is 17.9. The van der Waals surface area contributed by atoms with Crippen LogP contribution in [0.25, 0.3) is 28.0 Å². The highest BCUT2D eigenvalue weighted by molar-refractivity contribution is 5.96. The first kappa shape index (κ1) is 31.8. The van der Waals surface area contributed by atoms with Gasteiger partial charge in [0, 0.05) is 65.4 Å². The maximum atomic E-state index is 15.4. The molecule has 0 bridgehead atoms. The third kappa shape index (κ3) is 6.43. The zero-order valence-electron chi connectivity index (χ0n) is 26.4. The van der Waals surface area contributed by atoms with Crippen LogP contribution in [0.1, 0.15) is 41.4 Å². The molecule has 1 amide bonds. The van der Waals surface area contributed by atoms with Crippen LogP contribution in [0.15, 0.2) is 55.1 Å². The molecule has 2 aromatic carbocycles. The number of H-pyrrole nitrogens is 1. The quantitative estimate of drug-likeness (QED) is 0.196. The fourth-order valence-electron chi connectivity index (χ4n) is 6.36. The summed E-state index contributed by atoms with van der Waals surface area (Å²) in [5, 5.41) is 24.1. The number of halogens is 2. The van der Waals surface area contributed by atoms with Crippen molar-refractivity contribution < 1.29 is 28.0 Å². The number of nitrogens with zero attached hydrogens (tertiary/aromatic N) is 5. The highest BCUT2D eigenvalue weighted by Crippen LogP contribution is 2.33. The minimum atomic E-state index is -1.04. The first-order valence-corrected chi connectivity index (χ1v) is 15.6. The number of rotatable bonds is 10. The van der Waals surface area contributed by atoms with Gasteiger partial charge in [0.05, 0.1) is 44.2 Å². The maximum absolute atomic E-state index is 15.4. The topological polar surface area (TPSA) is 140 Å². The number of aromatic nitrogens is 5. The second-order valence-corrected chi connectivity index (χ2v) is 12.4. The number of hydrogen-bond donors (Lipinski definition) is 3. The molecule has 0 spiro atoms. The zero-order valence-corrected chi connectivity index (χ0v) is 26.4. The molecule has 6 rings (SSSR count). The van der Waals surface area contributed by atoms with Crippen molar-refractivity contribution in [1.82, 2.24) is 29.9 Å². The first-order valence-electron chi connectivity index (χ1n) is 15.6. The number of carbonyl (C=O) groups excluding carboxylic acids is 2. The van der Waals surface area contributed by atoms with Crippen molar-refractivity contribution in [3.8, 4) is 22.4 Å². The van der Waals surface area contributed by atoms with E-state index < -0.39 is 17.6 Å². The third-order valence-corrected chi connectivity index (χ3v) is 9.12. The highest BCUT2D eigenvalue weighted by atomic mass is 19.2. The number of anilines is 2. The van der Waals surface area contributed by atoms with Crippen molar-refractivity contribution in [2.24, 2.45) is 5.92 Å². The molecule has 11 nitrogen and oxygen atoms in total. The van der Waals surface area contributed by atoms with Gasteiger partial charge in [0.2, 0.25) is 0 Å². The Morgan fingerprint density at radius 3 is 2.51 bits per heavy atom. The van der Waals surface area contributed by atoms with E-state index in [1.807, 2.05) is 20.0 Å². The fourth-order valence-corrected chi connectivity index (χ4v) is 6.36. The minimum Gasteiger partial charge on any atom is -0.544 e. The summed E-state index contributed by atoms with van der Waals surface area (Å²) in [7, 11) is 1.93. The van der Waals surface area contributed by atoms with Gasteiger partial charge in [-0.15, -0.1) is 0 Å². The number of aliphatic carboxylic acids is 1. The number of carboxylic acid groups (broad SMARTS) is 1. The number of likely N-dealkylation sites (tertiary alicyclic amines) is 1. The molecule has 0 unspecified atom stereocenters. The van der Waals surface area contributed by atoms with Crippen LogP contribution < -0.4 is 15.7 Å². The monoisotopic (exact) mass is 642 g/mol. The van der Waals surface area contributed by atoms with Crippen LogP contribution in [0.2, 0.25) is 0 Å². The van der Waals surface area contributed by atoms with Crippen LogP contribution >= 0.6 is 0 Å². The fraction of sp³-hybridized carbons (Fsp3) is 0.324. The Hall–Kier alpha value is -5.17. The van der Waals surface area contributed by atoms with Crippen LogP contribution in [0.5, 0.6) is 0 Å². The van der Waals surface area contributed by atoms with E-state index in [2.05, 4.69) is 30.8 Å². The van der Waals surface area contributed by atoms with E-state index in [-0.39, 0.29) is 29.5 Å². The Bertz CT molecular complexity index is 1960. The number of aromatic amines is 1. The Morgan fingerprint density at radius 2 is 1.81 bits per heavy atom. The van der Waals surface area contributed by atoms with Crippen LogP contribution in [-0.2, 0) is 11.2 Å². The molecule has 1 fully saturated rings. The van der Waals surface area contributed by atoms with Gasteiger partial charge in [-0.25, -0.2) is 18.7 Å². The summed E-state index contributed by atoms with van der Waals surface area (Å²) in [4.78, 5) is 33.1. The van der Waals surface area contributed by atoms with Crippen LogP contribution in [0.3, 0.4) is 0 Å². The van der Waals surface area contributed by atoms with E-state index in [9.17, 15) is 14.7 Å². The van der Waals surface area contributed by atoms with E-state index in [0.29, 0.717) is 57.1 Å². The lowest BCUT2D eigenvalue weighted by atomic mass is 9.95. The molecule has 1 saturated heterocycles. The second-order valence-electron chi connectivity index (χ2n) is 12.4. The van der Waals surface area contributed by atoms with Gasteiger partial charge in [-0.05, 0) is 49.1 Å². The van der Waals surface area contributed by atoms with Gasteiger partial charge in [-0.3, -0.25) is 14.3 Å². The summed E-state index contributed by atoms with van der Waals surface area (Å²) in [6.07, 6.45) is 8.40. The summed E-state index contributed by atoms with van der Waals surface area (Å²) >= 11 is 0. The molecule has 1 aliphatic heterocycles. The van der Waals surface area contributed by atoms with E-state index in [1.54, 1.807) is 35.9 Å². The molecule has 0 atom stereocenters. The van der Waals surface area contributed by atoms with Crippen molar-refractivity contribution in [2.75, 3.05) is 38.5 Å². The van der Waals surface area contributed by atoms with Crippen LogP contribution in [0.4, 0.5) is 20.3 Å². The molecular formula is C34H36F2N8O3. The molecule has 3 N–H and O–H groups in total. The lowest BCUT2D eigenvalue weighted by molar-refractivity contribution is -0.909. The Kier molecular flexibility index (Phi) is 8.74. The molecule has 5 aromatic rings. The maximum Gasteiger partial charge on any atom is 0.251 e. The number of nitrogens with one attached hydrogen (secondary N) is 3. The second kappa shape index (κ2) is 12.9. The number of carboxylic acids is 1. The number of piperidine rings is 1. The van der Waals surface area contributed by atoms with Crippen molar-refractivity contribution in [3.63, 3.8) is 0 Å². The first-order chi connectivity index (χ1) is 22.6. The average molecular weight is 643 g/mol.